The number of nitrogens with one attached hydrogen (secondary N) is 1. The second kappa shape index (κ2) is 6.12. The highest BCUT2D eigenvalue weighted by molar-refractivity contribution is 9.10. The third-order valence-corrected chi connectivity index (χ3v) is 3.42. The first-order valence-corrected chi connectivity index (χ1v) is 6.57. The molecule has 0 bridgehead atoms. The van der Waals surface area contributed by atoms with E-state index in [9.17, 15) is 9.18 Å². The van der Waals surface area contributed by atoms with Crippen LogP contribution < -0.4 is 5.32 Å². The van der Waals surface area contributed by atoms with Crippen LogP contribution in [0.25, 0.3) is 0 Å². The maximum Gasteiger partial charge on any atom is 0.251 e. The van der Waals surface area contributed by atoms with E-state index in [1.807, 2.05) is 0 Å². The fraction of sp³-hybridized carbons (Fsp3) is 0.0769. The van der Waals surface area contributed by atoms with Gasteiger partial charge in [0.25, 0.3) is 5.91 Å². The van der Waals surface area contributed by atoms with Crippen LogP contribution in [-0.2, 0) is 6.54 Å². The second-order valence-electron chi connectivity index (χ2n) is 3.79. The van der Waals surface area contributed by atoms with Gasteiger partial charge < -0.3 is 5.32 Å². The third kappa shape index (κ3) is 3.75. The molecule has 2 rings (SSSR count). The zero-order valence-corrected chi connectivity index (χ0v) is 12.0. The van der Waals surface area contributed by atoms with Gasteiger partial charge in [-0.1, -0.05) is 27.5 Å². The zero-order valence-electron chi connectivity index (χ0n) is 9.66. The van der Waals surface area contributed by atoms with Crippen LogP contribution in [0.15, 0.2) is 41.0 Å². The summed E-state index contributed by atoms with van der Waals surface area (Å²) in [7, 11) is 0. The molecule has 1 aromatic carbocycles. The molecule has 1 amide bonds. The Bertz CT molecular complexity index is 621. The average molecular weight is 344 g/mol. The Balaban J connectivity index is 2.06. The molecule has 0 unspecified atom stereocenters. The van der Waals surface area contributed by atoms with Crippen LogP contribution in [0.1, 0.15) is 15.9 Å². The number of hydrogen-bond donors (Lipinski definition) is 1. The number of halogens is 3. The van der Waals surface area contributed by atoms with Gasteiger partial charge in [0.1, 0.15) is 11.0 Å². The van der Waals surface area contributed by atoms with E-state index in [1.54, 1.807) is 12.1 Å². The Hall–Kier alpha value is -1.46. The largest absolute Gasteiger partial charge is 0.348 e. The van der Waals surface area contributed by atoms with Crippen molar-refractivity contribution in [2.75, 3.05) is 0 Å². The van der Waals surface area contributed by atoms with Crippen molar-refractivity contribution in [1.82, 2.24) is 10.3 Å². The van der Waals surface area contributed by atoms with E-state index in [-0.39, 0.29) is 23.4 Å². The van der Waals surface area contributed by atoms with Gasteiger partial charge in [-0.3, -0.25) is 4.79 Å². The van der Waals surface area contributed by atoms with Crippen LogP contribution in [0.3, 0.4) is 0 Å². The minimum absolute atomic E-state index is 0.219. The Labute approximate surface area is 122 Å². The van der Waals surface area contributed by atoms with Crippen molar-refractivity contribution in [3.8, 4) is 0 Å². The Morgan fingerprint density at radius 3 is 2.89 bits per heavy atom. The molecule has 0 aliphatic heterocycles. The molecule has 1 aromatic heterocycles. The predicted molar refractivity (Wildman–Crippen MR) is 74.5 cm³/mol. The van der Waals surface area contributed by atoms with Crippen LogP contribution in [0.5, 0.6) is 0 Å². The van der Waals surface area contributed by atoms with E-state index in [1.165, 1.54) is 24.4 Å². The molecule has 0 aliphatic carbocycles. The second-order valence-corrected chi connectivity index (χ2v) is 5.03. The summed E-state index contributed by atoms with van der Waals surface area (Å²) in [5.41, 5.74) is 1.07. The molecule has 1 N–H and O–H groups in total. The minimum Gasteiger partial charge on any atom is -0.348 e. The standard InChI is InChI=1S/C13H9BrClFN2O/c14-11-2-1-10(16)5-9(11)7-18-13(19)8-3-4-17-12(15)6-8/h1-6H,7H2,(H,18,19). The van der Waals surface area contributed by atoms with Gasteiger partial charge in [-0.25, -0.2) is 9.37 Å². The summed E-state index contributed by atoms with van der Waals surface area (Å²) in [6.07, 6.45) is 1.45. The number of benzene rings is 1. The van der Waals surface area contributed by atoms with Crippen molar-refractivity contribution in [3.05, 3.63) is 63.1 Å². The van der Waals surface area contributed by atoms with E-state index in [4.69, 9.17) is 11.6 Å². The molecule has 0 spiro atoms. The molecule has 0 saturated carbocycles. The molecule has 2 aromatic rings. The molecule has 6 heteroatoms. The monoisotopic (exact) mass is 342 g/mol. The highest BCUT2D eigenvalue weighted by Gasteiger charge is 2.08. The summed E-state index contributed by atoms with van der Waals surface area (Å²) in [6.45, 7) is 0.219. The number of nitrogens with zero attached hydrogens (tertiary/aromatic N) is 1. The Kier molecular flexibility index (Phi) is 4.50. The van der Waals surface area contributed by atoms with Gasteiger partial charge in [-0.2, -0.15) is 0 Å². The lowest BCUT2D eigenvalue weighted by Gasteiger charge is -2.07. The lowest BCUT2D eigenvalue weighted by Crippen LogP contribution is -2.23. The highest BCUT2D eigenvalue weighted by atomic mass is 79.9. The van der Waals surface area contributed by atoms with Crippen molar-refractivity contribution in [3.63, 3.8) is 0 Å². The lowest BCUT2D eigenvalue weighted by molar-refractivity contribution is 0.0950. The van der Waals surface area contributed by atoms with E-state index in [0.29, 0.717) is 11.1 Å². The highest BCUT2D eigenvalue weighted by Crippen LogP contribution is 2.17. The maximum atomic E-state index is 13.1. The number of hydrogen-bond acceptors (Lipinski definition) is 2. The first-order chi connectivity index (χ1) is 9.06. The number of aromatic nitrogens is 1. The molecule has 19 heavy (non-hydrogen) atoms. The van der Waals surface area contributed by atoms with E-state index in [0.717, 1.165) is 4.47 Å². The molecular weight excluding hydrogens is 335 g/mol. The van der Waals surface area contributed by atoms with Gasteiger partial charge in [0, 0.05) is 22.8 Å². The molecular formula is C13H9BrClFN2O. The van der Waals surface area contributed by atoms with Gasteiger partial charge >= 0.3 is 0 Å². The molecule has 98 valence electrons. The molecule has 0 atom stereocenters. The van der Waals surface area contributed by atoms with E-state index < -0.39 is 0 Å². The fourth-order valence-electron chi connectivity index (χ4n) is 1.50. The summed E-state index contributed by atoms with van der Waals surface area (Å²) in [4.78, 5) is 15.7. The summed E-state index contributed by atoms with van der Waals surface area (Å²) < 4.78 is 13.8. The van der Waals surface area contributed by atoms with E-state index >= 15 is 0 Å². The van der Waals surface area contributed by atoms with Crippen molar-refractivity contribution in [1.29, 1.82) is 0 Å². The fourth-order valence-corrected chi connectivity index (χ4v) is 2.06. The van der Waals surface area contributed by atoms with Crippen LogP contribution in [0.4, 0.5) is 4.39 Å². The molecule has 0 fully saturated rings. The number of rotatable bonds is 3. The minimum atomic E-state index is -0.348. The zero-order chi connectivity index (χ0) is 13.8. The number of carbonyl (C=O) groups is 1. The van der Waals surface area contributed by atoms with Gasteiger partial charge in [-0.15, -0.1) is 0 Å². The first kappa shape index (κ1) is 14.0. The van der Waals surface area contributed by atoms with Gasteiger partial charge in [0.2, 0.25) is 0 Å². The quantitative estimate of drug-likeness (QED) is 0.866. The Morgan fingerprint density at radius 1 is 1.37 bits per heavy atom. The first-order valence-electron chi connectivity index (χ1n) is 5.40. The molecule has 0 radical (unpaired) electrons. The SMILES string of the molecule is O=C(NCc1cc(F)ccc1Br)c1ccnc(Cl)c1. The van der Waals surface area contributed by atoms with Crippen molar-refractivity contribution < 1.29 is 9.18 Å². The molecule has 1 heterocycles. The summed E-state index contributed by atoms with van der Waals surface area (Å²) in [5, 5.41) is 2.94. The molecule has 0 saturated heterocycles. The number of carbonyl (C=O) groups excluding carboxylic acids is 1. The van der Waals surface area contributed by atoms with Crippen LogP contribution in [-0.4, -0.2) is 10.9 Å². The van der Waals surface area contributed by atoms with Crippen molar-refractivity contribution in [2.45, 2.75) is 6.54 Å². The van der Waals surface area contributed by atoms with Gasteiger partial charge in [0.05, 0.1) is 0 Å². The van der Waals surface area contributed by atoms with Crippen molar-refractivity contribution in [2.24, 2.45) is 0 Å². The average Bonchev–Trinajstić information content (AvgIpc) is 2.39. The van der Waals surface area contributed by atoms with Crippen LogP contribution in [0.2, 0.25) is 5.15 Å². The summed E-state index contributed by atoms with van der Waals surface area (Å²) in [6, 6.07) is 7.33. The van der Waals surface area contributed by atoms with Gasteiger partial charge in [-0.05, 0) is 35.9 Å². The third-order valence-electron chi connectivity index (χ3n) is 2.44. The molecule has 0 aliphatic rings. The normalized spacial score (nSPS) is 10.3. The van der Waals surface area contributed by atoms with Crippen LogP contribution in [0, 0.1) is 5.82 Å². The Morgan fingerprint density at radius 2 is 2.16 bits per heavy atom. The topological polar surface area (TPSA) is 42.0 Å². The van der Waals surface area contributed by atoms with Gasteiger partial charge in [0.15, 0.2) is 0 Å². The summed E-state index contributed by atoms with van der Waals surface area (Å²) in [5.74, 6) is -0.639. The molecule has 3 nitrogen and oxygen atoms in total. The summed E-state index contributed by atoms with van der Waals surface area (Å²) >= 11 is 9.00. The van der Waals surface area contributed by atoms with Crippen molar-refractivity contribution >= 4 is 33.4 Å². The predicted octanol–water partition coefficient (Wildman–Crippen LogP) is 3.57. The lowest BCUT2D eigenvalue weighted by atomic mass is 10.2. The maximum absolute atomic E-state index is 13.1. The van der Waals surface area contributed by atoms with E-state index in [2.05, 4.69) is 26.2 Å². The smallest absolute Gasteiger partial charge is 0.251 e. The van der Waals surface area contributed by atoms with Crippen LogP contribution >= 0.6 is 27.5 Å². The number of pyridine rings is 1. The number of amides is 1.